The van der Waals surface area contributed by atoms with Crippen LogP contribution in [0.1, 0.15) is 15.3 Å². The van der Waals surface area contributed by atoms with E-state index in [4.69, 9.17) is 10.00 Å². The van der Waals surface area contributed by atoms with Gasteiger partial charge in [-0.2, -0.15) is 5.26 Å². The minimum atomic E-state index is 0.758. The highest BCUT2D eigenvalue weighted by molar-refractivity contribution is 7.12. The summed E-state index contributed by atoms with van der Waals surface area (Å²) in [4.78, 5) is 1.93. The maximum absolute atomic E-state index is 8.74. The van der Waals surface area contributed by atoms with Gasteiger partial charge in [0, 0.05) is 18.0 Å². The summed E-state index contributed by atoms with van der Waals surface area (Å²) in [5.41, 5.74) is 1.19. The van der Waals surface area contributed by atoms with E-state index in [1.165, 1.54) is 21.8 Å². The lowest BCUT2D eigenvalue weighted by Gasteiger charge is -2.05. The second kappa shape index (κ2) is 6.20. The van der Waals surface area contributed by atoms with Gasteiger partial charge in [-0.15, -0.1) is 11.3 Å². The molecular weight excluding hydrogens is 244 g/mol. The van der Waals surface area contributed by atoms with Crippen molar-refractivity contribution in [2.24, 2.45) is 0 Å². The SMILES string of the molecule is COc1cccc(CNCc2ccc(C#N)s2)c1. The van der Waals surface area contributed by atoms with E-state index in [0.29, 0.717) is 0 Å². The van der Waals surface area contributed by atoms with Gasteiger partial charge in [0.2, 0.25) is 0 Å². The van der Waals surface area contributed by atoms with Crippen molar-refractivity contribution >= 4 is 11.3 Å². The molecule has 0 atom stereocenters. The average Bonchev–Trinajstić information content (AvgIpc) is 2.87. The molecule has 0 fully saturated rings. The van der Waals surface area contributed by atoms with Crippen molar-refractivity contribution in [1.82, 2.24) is 5.32 Å². The van der Waals surface area contributed by atoms with Crippen LogP contribution >= 0.6 is 11.3 Å². The Bertz CT molecular complexity index is 557. The summed E-state index contributed by atoms with van der Waals surface area (Å²) >= 11 is 1.53. The average molecular weight is 258 g/mol. The Hall–Kier alpha value is -1.83. The van der Waals surface area contributed by atoms with Crippen LogP contribution in [0.5, 0.6) is 5.75 Å². The Morgan fingerprint density at radius 1 is 1.28 bits per heavy atom. The minimum Gasteiger partial charge on any atom is -0.497 e. The molecule has 3 nitrogen and oxygen atoms in total. The monoisotopic (exact) mass is 258 g/mol. The molecule has 0 aliphatic carbocycles. The number of methoxy groups -OCH3 is 1. The van der Waals surface area contributed by atoms with Gasteiger partial charge in [-0.1, -0.05) is 12.1 Å². The van der Waals surface area contributed by atoms with Gasteiger partial charge in [0.25, 0.3) is 0 Å². The molecule has 18 heavy (non-hydrogen) atoms. The molecular formula is C14H14N2OS. The van der Waals surface area contributed by atoms with Crippen molar-refractivity contribution in [2.75, 3.05) is 7.11 Å². The van der Waals surface area contributed by atoms with Gasteiger partial charge < -0.3 is 10.1 Å². The fraction of sp³-hybridized carbons (Fsp3) is 0.214. The number of thiophene rings is 1. The fourth-order valence-electron chi connectivity index (χ4n) is 1.65. The molecule has 1 aromatic carbocycles. The molecule has 2 aromatic rings. The molecule has 0 saturated carbocycles. The molecule has 0 saturated heterocycles. The van der Waals surface area contributed by atoms with E-state index in [-0.39, 0.29) is 0 Å². The molecule has 92 valence electrons. The maximum Gasteiger partial charge on any atom is 0.119 e. The van der Waals surface area contributed by atoms with Gasteiger partial charge >= 0.3 is 0 Å². The summed E-state index contributed by atoms with van der Waals surface area (Å²) in [5.74, 6) is 0.872. The van der Waals surface area contributed by atoms with E-state index in [9.17, 15) is 0 Å². The van der Waals surface area contributed by atoms with Gasteiger partial charge in [-0.3, -0.25) is 0 Å². The van der Waals surface area contributed by atoms with E-state index >= 15 is 0 Å². The Morgan fingerprint density at radius 2 is 2.17 bits per heavy atom. The van der Waals surface area contributed by atoms with Crippen LogP contribution in [0.25, 0.3) is 0 Å². The normalized spacial score (nSPS) is 10.0. The van der Waals surface area contributed by atoms with Crippen molar-refractivity contribution in [3.63, 3.8) is 0 Å². The van der Waals surface area contributed by atoms with Gasteiger partial charge in [-0.05, 0) is 29.8 Å². The zero-order valence-electron chi connectivity index (χ0n) is 10.1. The summed E-state index contributed by atoms with van der Waals surface area (Å²) < 4.78 is 5.18. The van der Waals surface area contributed by atoms with Crippen molar-refractivity contribution in [3.05, 3.63) is 51.7 Å². The summed E-state index contributed by atoms with van der Waals surface area (Å²) in [7, 11) is 1.67. The summed E-state index contributed by atoms with van der Waals surface area (Å²) in [5, 5.41) is 12.1. The molecule has 0 aliphatic heterocycles. The highest BCUT2D eigenvalue weighted by Gasteiger charge is 1.99. The number of hydrogen-bond donors (Lipinski definition) is 1. The van der Waals surface area contributed by atoms with E-state index in [1.807, 2.05) is 30.3 Å². The molecule has 0 amide bonds. The van der Waals surface area contributed by atoms with Crippen LogP contribution in [0.2, 0.25) is 0 Å². The van der Waals surface area contributed by atoms with Gasteiger partial charge in [0.15, 0.2) is 0 Å². The zero-order chi connectivity index (χ0) is 12.8. The Balaban J connectivity index is 1.86. The largest absolute Gasteiger partial charge is 0.497 e. The Labute approximate surface area is 111 Å². The third kappa shape index (κ3) is 3.33. The van der Waals surface area contributed by atoms with Crippen LogP contribution in [0, 0.1) is 11.3 Å². The first-order valence-electron chi connectivity index (χ1n) is 5.64. The first-order valence-corrected chi connectivity index (χ1v) is 6.46. The van der Waals surface area contributed by atoms with Crippen LogP contribution in [0.3, 0.4) is 0 Å². The second-order valence-electron chi connectivity index (χ2n) is 3.83. The van der Waals surface area contributed by atoms with Crippen LogP contribution in [-0.2, 0) is 13.1 Å². The van der Waals surface area contributed by atoms with E-state index in [1.54, 1.807) is 7.11 Å². The van der Waals surface area contributed by atoms with Crippen LogP contribution < -0.4 is 10.1 Å². The van der Waals surface area contributed by atoms with Gasteiger partial charge in [0.1, 0.15) is 16.7 Å². The summed E-state index contributed by atoms with van der Waals surface area (Å²) in [6.45, 7) is 1.57. The van der Waals surface area contributed by atoms with E-state index in [2.05, 4.69) is 17.5 Å². The lowest BCUT2D eigenvalue weighted by Crippen LogP contribution is -2.11. The quantitative estimate of drug-likeness (QED) is 0.897. The highest BCUT2D eigenvalue weighted by Crippen LogP contribution is 2.16. The van der Waals surface area contributed by atoms with Crippen LogP contribution in [0.4, 0.5) is 0 Å². The standard InChI is InChI=1S/C14H14N2OS/c1-17-12-4-2-3-11(7-12)9-16-10-14-6-5-13(8-15)18-14/h2-7,16H,9-10H2,1H3. The number of nitrogens with zero attached hydrogens (tertiary/aromatic N) is 1. The molecule has 2 rings (SSSR count). The van der Waals surface area contributed by atoms with E-state index in [0.717, 1.165) is 23.7 Å². The second-order valence-corrected chi connectivity index (χ2v) is 5.00. The number of rotatable bonds is 5. The minimum absolute atomic E-state index is 0.758. The Morgan fingerprint density at radius 3 is 2.89 bits per heavy atom. The molecule has 0 bridgehead atoms. The molecule has 0 spiro atoms. The number of nitriles is 1. The number of nitrogens with one attached hydrogen (secondary N) is 1. The van der Waals surface area contributed by atoms with E-state index < -0.39 is 0 Å². The number of ether oxygens (including phenoxy) is 1. The fourth-order valence-corrected chi connectivity index (χ4v) is 2.42. The third-order valence-corrected chi connectivity index (χ3v) is 3.52. The lowest BCUT2D eigenvalue weighted by molar-refractivity contribution is 0.414. The van der Waals surface area contributed by atoms with Crippen molar-refractivity contribution < 1.29 is 4.74 Å². The maximum atomic E-state index is 8.74. The molecule has 0 unspecified atom stereocenters. The molecule has 1 N–H and O–H groups in total. The highest BCUT2D eigenvalue weighted by atomic mass is 32.1. The molecule has 4 heteroatoms. The summed E-state index contributed by atoms with van der Waals surface area (Å²) in [6, 6.07) is 14.0. The van der Waals surface area contributed by atoms with Gasteiger partial charge in [0.05, 0.1) is 7.11 Å². The molecule has 0 aliphatic rings. The smallest absolute Gasteiger partial charge is 0.119 e. The zero-order valence-corrected chi connectivity index (χ0v) is 11.0. The number of hydrogen-bond acceptors (Lipinski definition) is 4. The predicted octanol–water partition coefficient (Wildman–Crippen LogP) is 2.92. The molecule has 0 radical (unpaired) electrons. The number of benzene rings is 1. The van der Waals surface area contributed by atoms with Gasteiger partial charge in [-0.25, -0.2) is 0 Å². The Kier molecular flexibility index (Phi) is 4.35. The van der Waals surface area contributed by atoms with Crippen molar-refractivity contribution in [1.29, 1.82) is 5.26 Å². The molecule has 1 heterocycles. The van der Waals surface area contributed by atoms with Crippen LogP contribution in [0.15, 0.2) is 36.4 Å². The lowest BCUT2D eigenvalue weighted by atomic mass is 10.2. The first-order chi connectivity index (χ1) is 8.81. The van der Waals surface area contributed by atoms with Crippen molar-refractivity contribution in [3.8, 4) is 11.8 Å². The van der Waals surface area contributed by atoms with Crippen LogP contribution in [-0.4, -0.2) is 7.11 Å². The molecule has 1 aromatic heterocycles. The van der Waals surface area contributed by atoms with Crippen molar-refractivity contribution in [2.45, 2.75) is 13.1 Å². The first kappa shape index (κ1) is 12.6. The summed E-state index contributed by atoms with van der Waals surface area (Å²) in [6.07, 6.45) is 0. The third-order valence-electron chi connectivity index (χ3n) is 2.53. The predicted molar refractivity (Wildman–Crippen MR) is 72.6 cm³/mol. The topological polar surface area (TPSA) is 45.0 Å².